The summed E-state index contributed by atoms with van der Waals surface area (Å²) in [7, 11) is 0. The molecule has 0 aliphatic rings. The normalized spacial score (nSPS) is 14.2. The van der Waals surface area contributed by atoms with Crippen LogP contribution < -0.4 is 5.32 Å². The quantitative estimate of drug-likeness (QED) is 0.715. The number of carbonyl (C=O) groups is 1. The number of amides is 1. The molecule has 2 atom stereocenters. The van der Waals surface area contributed by atoms with E-state index in [4.69, 9.17) is 5.26 Å². The van der Waals surface area contributed by atoms with Crippen LogP contribution in [0.1, 0.15) is 40.5 Å². The fourth-order valence-electron chi connectivity index (χ4n) is 1.45. The summed E-state index contributed by atoms with van der Waals surface area (Å²) in [6.45, 7) is 9.38. The first-order valence-electron chi connectivity index (χ1n) is 5.98. The molecule has 1 amide bonds. The zero-order valence-corrected chi connectivity index (χ0v) is 10.8. The molecule has 0 aliphatic carbocycles. The van der Waals surface area contributed by atoms with Crippen molar-refractivity contribution in [2.24, 2.45) is 0 Å². The molecule has 0 aromatic heterocycles. The first-order chi connectivity index (χ1) is 7.56. The van der Waals surface area contributed by atoms with Crippen molar-refractivity contribution >= 4 is 5.91 Å². The minimum atomic E-state index is -0.160. The molecule has 16 heavy (non-hydrogen) atoms. The number of likely N-dealkylation sites (N-methyl/N-ethyl adjacent to an activating group) is 1. The summed E-state index contributed by atoms with van der Waals surface area (Å²) in [6, 6.07) is 2.16. The smallest absolute Gasteiger partial charge is 0.237 e. The minimum Gasteiger partial charge on any atom is -0.352 e. The third-order valence-electron chi connectivity index (χ3n) is 2.85. The first-order valence-corrected chi connectivity index (χ1v) is 5.98. The molecule has 0 heterocycles. The molecule has 0 bridgehead atoms. The van der Waals surface area contributed by atoms with E-state index >= 15 is 0 Å². The molecule has 92 valence electrons. The van der Waals surface area contributed by atoms with Crippen LogP contribution in [0.25, 0.3) is 0 Å². The Morgan fingerprint density at radius 2 is 2.06 bits per heavy atom. The maximum absolute atomic E-state index is 11.8. The molecule has 0 aliphatic heterocycles. The predicted molar refractivity (Wildman–Crippen MR) is 64.8 cm³/mol. The van der Waals surface area contributed by atoms with Crippen LogP contribution in [0, 0.1) is 11.3 Å². The van der Waals surface area contributed by atoms with Crippen molar-refractivity contribution in [3.05, 3.63) is 0 Å². The lowest BCUT2D eigenvalue weighted by atomic mass is 10.2. The van der Waals surface area contributed by atoms with Gasteiger partial charge in [0.1, 0.15) is 0 Å². The third-order valence-corrected chi connectivity index (χ3v) is 2.85. The van der Waals surface area contributed by atoms with Crippen LogP contribution >= 0.6 is 0 Å². The lowest BCUT2D eigenvalue weighted by Gasteiger charge is -2.27. The Morgan fingerprint density at radius 3 is 2.50 bits per heavy atom. The zero-order valence-electron chi connectivity index (χ0n) is 10.8. The largest absolute Gasteiger partial charge is 0.352 e. The molecule has 0 aromatic carbocycles. The molecule has 0 aromatic rings. The van der Waals surface area contributed by atoms with Gasteiger partial charge >= 0.3 is 0 Å². The summed E-state index contributed by atoms with van der Waals surface area (Å²) in [4.78, 5) is 13.9. The third kappa shape index (κ3) is 5.13. The second kappa shape index (κ2) is 8.12. The molecule has 1 N–H and O–H groups in total. The topological polar surface area (TPSA) is 56.1 Å². The van der Waals surface area contributed by atoms with Crippen molar-refractivity contribution in [2.75, 3.05) is 13.1 Å². The van der Waals surface area contributed by atoms with Gasteiger partial charge in [-0.3, -0.25) is 9.69 Å². The van der Waals surface area contributed by atoms with Crippen molar-refractivity contribution in [2.45, 2.75) is 52.6 Å². The summed E-state index contributed by atoms with van der Waals surface area (Å²) < 4.78 is 0. The van der Waals surface area contributed by atoms with Crippen LogP contribution in [0.15, 0.2) is 0 Å². The molecule has 0 fully saturated rings. The Bertz CT molecular complexity index is 247. The van der Waals surface area contributed by atoms with Gasteiger partial charge in [-0.2, -0.15) is 5.26 Å². The van der Waals surface area contributed by atoms with E-state index in [1.54, 1.807) is 0 Å². The van der Waals surface area contributed by atoms with E-state index in [-0.39, 0.29) is 18.0 Å². The number of nitrogens with one attached hydrogen (secondary N) is 1. The van der Waals surface area contributed by atoms with Crippen LogP contribution in [0.4, 0.5) is 0 Å². The molecular weight excluding hydrogens is 202 g/mol. The highest BCUT2D eigenvalue weighted by molar-refractivity contribution is 5.81. The average Bonchev–Trinajstić information content (AvgIpc) is 2.29. The highest BCUT2D eigenvalue weighted by Gasteiger charge is 2.20. The van der Waals surface area contributed by atoms with Crippen molar-refractivity contribution < 1.29 is 4.79 Å². The fraction of sp³-hybridized carbons (Fsp3) is 0.833. The van der Waals surface area contributed by atoms with Crippen molar-refractivity contribution in [1.29, 1.82) is 5.26 Å². The second-order valence-electron chi connectivity index (χ2n) is 4.03. The number of hydrogen-bond acceptors (Lipinski definition) is 3. The Kier molecular flexibility index (Phi) is 7.57. The van der Waals surface area contributed by atoms with Crippen molar-refractivity contribution in [3.8, 4) is 6.07 Å². The van der Waals surface area contributed by atoms with Gasteiger partial charge in [-0.1, -0.05) is 13.8 Å². The molecule has 0 saturated carbocycles. The summed E-state index contributed by atoms with van der Waals surface area (Å²) in [5, 5.41) is 11.5. The van der Waals surface area contributed by atoms with Crippen LogP contribution in [0.3, 0.4) is 0 Å². The molecular formula is C12H23N3O. The number of hydrogen-bond donors (Lipinski definition) is 1. The zero-order chi connectivity index (χ0) is 12.6. The van der Waals surface area contributed by atoms with Gasteiger partial charge < -0.3 is 5.32 Å². The molecule has 4 nitrogen and oxygen atoms in total. The van der Waals surface area contributed by atoms with Gasteiger partial charge in [-0.15, -0.1) is 0 Å². The van der Waals surface area contributed by atoms with E-state index in [9.17, 15) is 4.79 Å². The highest BCUT2D eigenvalue weighted by atomic mass is 16.2. The summed E-state index contributed by atoms with van der Waals surface area (Å²) in [6.07, 6.45) is 1.40. The van der Waals surface area contributed by atoms with Crippen molar-refractivity contribution in [3.63, 3.8) is 0 Å². The number of nitriles is 1. The molecule has 0 spiro atoms. The fourth-order valence-corrected chi connectivity index (χ4v) is 1.45. The molecule has 4 heteroatoms. The molecule has 0 saturated heterocycles. The minimum absolute atomic E-state index is 0.0501. The van der Waals surface area contributed by atoms with Crippen LogP contribution in [0.5, 0.6) is 0 Å². The summed E-state index contributed by atoms with van der Waals surface area (Å²) >= 11 is 0. The lowest BCUT2D eigenvalue weighted by Crippen LogP contribution is -2.47. The van der Waals surface area contributed by atoms with Crippen LogP contribution in [-0.2, 0) is 4.79 Å². The first kappa shape index (κ1) is 14.9. The van der Waals surface area contributed by atoms with E-state index < -0.39 is 0 Å². The van der Waals surface area contributed by atoms with Gasteiger partial charge in [0.05, 0.1) is 12.1 Å². The average molecular weight is 225 g/mol. The van der Waals surface area contributed by atoms with Crippen LogP contribution in [-0.4, -0.2) is 36.0 Å². The lowest BCUT2D eigenvalue weighted by molar-refractivity contribution is -0.126. The SMILES string of the molecule is CCC(C)NC(=O)C(C)N(CC)CCC#N. The maximum atomic E-state index is 11.8. The Labute approximate surface area is 98.6 Å². The van der Waals surface area contributed by atoms with Gasteiger partial charge in [0.25, 0.3) is 0 Å². The van der Waals surface area contributed by atoms with Gasteiger partial charge in [0, 0.05) is 19.0 Å². The molecule has 2 unspecified atom stereocenters. The monoisotopic (exact) mass is 225 g/mol. The standard InChI is InChI=1S/C12H23N3O/c1-5-10(3)14-12(16)11(4)15(6-2)9-7-8-13/h10-11H,5-7,9H2,1-4H3,(H,14,16). The van der Waals surface area contributed by atoms with E-state index in [1.165, 1.54) is 0 Å². The Morgan fingerprint density at radius 1 is 1.44 bits per heavy atom. The van der Waals surface area contributed by atoms with Gasteiger partial charge in [0.15, 0.2) is 0 Å². The number of nitrogens with zero attached hydrogens (tertiary/aromatic N) is 2. The Hall–Kier alpha value is -1.08. The summed E-state index contributed by atoms with van der Waals surface area (Å²) in [5.41, 5.74) is 0. The van der Waals surface area contributed by atoms with Gasteiger partial charge in [-0.05, 0) is 26.8 Å². The molecule has 0 radical (unpaired) electrons. The van der Waals surface area contributed by atoms with Crippen molar-refractivity contribution in [1.82, 2.24) is 10.2 Å². The number of rotatable bonds is 7. The second-order valence-corrected chi connectivity index (χ2v) is 4.03. The Balaban J connectivity index is 4.22. The van der Waals surface area contributed by atoms with Crippen LogP contribution in [0.2, 0.25) is 0 Å². The van der Waals surface area contributed by atoms with Gasteiger partial charge in [-0.25, -0.2) is 0 Å². The maximum Gasteiger partial charge on any atom is 0.237 e. The van der Waals surface area contributed by atoms with E-state index in [2.05, 4.69) is 11.4 Å². The highest BCUT2D eigenvalue weighted by Crippen LogP contribution is 2.01. The van der Waals surface area contributed by atoms with Gasteiger partial charge in [0.2, 0.25) is 5.91 Å². The van der Waals surface area contributed by atoms with E-state index in [0.717, 1.165) is 13.0 Å². The number of carbonyl (C=O) groups excluding carboxylic acids is 1. The molecule has 0 rings (SSSR count). The van der Waals surface area contributed by atoms with E-state index in [1.807, 2.05) is 32.6 Å². The van der Waals surface area contributed by atoms with E-state index in [0.29, 0.717) is 13.0 Å². The summed E-state index contributed by atoms with van der Waals surface area (Å²) in [5.74, 6) is 0.0501. The predicted octanol–water partition coefficient (Wildman–Crippen LogP) is 1.53.